The molecule has 0 aliphatic heterocycles. The van der Waals surface area contributed by atoms with E-state index in [1.807, 2.05) is 35.7 Å². The van der Waals surface area contributed by atoms with Gasteiger partial charge >= 0.3 is 0 Å². The van der Waals surface area contributed by atoms with Gasteiger partial charge in [0.2, 0.25) is 5.91 Å². The number of halogens is 1. The van der Waals surface area contributed by atoms with Crippen LogP contribution in [0.25, 0.3) is 5.65 Å². The third kappa shape index (κ3) is 3.00. The third-order valence-electron chi connectivity index (χ3n) is 2.60. The highest BCUT2D eigenvalue weighted by molar-refractivity contribution is 5.85. The van der Waals surface area contributed by atoms with Crippen LogP contribution in [0.4, 0.5) is 0 Å². The number of hydrogen-bond donors (Lipinski definition) is 2. The van der Waals surface area contributed by atoms with Crippen molar-refractivity contribution in [3.05, 3.63) is 35.8 Å². The number of nitrogens with one attached hydrogen (secondary N) is 1. The first-order valence-corrected chi connectivity index (χ1v) is 5.55. The van der Waals surface area contributed by atoms with Crippen molar-refractivity contribution in [1.82, 2.24) is 14.7 Å². The zero-order chi connectivity index (χ0) is 12.4. The van der Waals surface area contributed by atoms with Crippen LogP contribution < -0.4 is 11.1 Å². The summed E-state index contributed by atoms with van der Waals surface area (Å²) in [5, 5.41) is 2.74. The summed E-state index contributed by atoms with van der Waals surface area (Å²) in [5.74, 6) is -0.168. The Morgan fingerprint density at radius 3 is 2.89 bits per heavy atom. The summed E-state index contributed by atoms with van der Waals surface area (Å²) in [4.78, 5) is 15.7. The maximum atomic E-state index is 11.3. The molecule has 5 nitrogen and oxygen atoms in total. The lowest BCUT2D eigenvalue weighted by Crippen LogP contribution is -2.37. The van der Waals surface area contributed by atoms with E-state index < -0.39 is 6.04 Å². The Hall–Kier alpha value is -1.59. The van der Waals surface area contributed by atoms with Gasteiger partial charge in [0, 0.05) is 11.9 Å². The second-order valence-electron chi connectivity index (χ2n) is 4.13. The smallest absolute Gasteiger partial charge is 0.236 e. The molecule has 2 aromatic heterocycles. The minimum Gasteiger partial charge on any atom is -0.349 e. The number of fused-ring (bicyclic) bond motifs is 1. The van der Waals surface area contributed by atoms with E-state index in [2.05, 4.69) is 10.3 Å². The molecule has 0 aromatic carbocycles. The van der Waals surface area contributed by atoms with Gasteiger partial charge in [-0.25, -0.2) is 4.98 Å². The van der Waals surface area contributed by atoms with Crippen LogP contribution in [0.2, 0.25) is 0 Å². The number of aryl methyl sites for hydroxylation is 1. The summed E-state index contributed by atoms with van der Waals surface area (Å²) < 4.78 is 1.99. The van der Waals surface area contributed by atoms with Crippen LogP contribution in [0.15, 0.2) is 24.4 Å². The molecule has 1 amide bonds. The van der Waals surface area contributed by atoms with Crippen LogP contribution in [0.3, 0.4) is 0 Å². The fourth-order valence-electron chi connectivity index (χ4n) is 1.62. The van der Waals surface area contributed by atoms with E-state index in [9.17, 15) is 4.79 Å². The molecule has 1 atom stereocenters. The van der Waals surface area contributed by atoms with Gasteiger partial charge in [-0.3, -0.25) is 4.79 Å². The largest absolute Gasteiger partial charge is 0.349 e. The van der Waals surface area contributed by atoms with E-state index in [4.69, 9.17) is 5.73 Å². The lowest BCUT2D eigenvalue weighted by Gasteiger charge is -2.05. The Morgan fingerprint density at radius 1 is 1.56 bits per heavy atom. The SMILES string of the molecule is Cc1cccc2nc(CNC(=O)C(C)N)cn12.Cl. The van der Waals surface area contributed by atoms with Gasteiger partial charge in [0.1, 0.15) is 5.65 Å². The lowest BCUT2D eigenvalue weighted by molar-refractivity contribution is -0.122. The maximum absolute atomic E-state index is 11.3. The summed E-state index contributed by atoms with van der Waals surface area (Å²) in [7, 11) is 0. The summed E-state index contributed by atoms with van der Waals surface area (Å²) in [6.45, 7) is 4.07. The first kappa shape index (κ1) is 14.5. The van der Waals surface area contributed by atoms with E-state index in [0.717, 1.165) is 17.0 Å². The molecule has 2 aromatic rings. The Kier molecular flexibility index (Phi) is 4.69. The summed E-state index contributed by atoms with van der Waals surface area (Å²) >= 11 is 0. The minimum absolute atomic E-state index is 0. The second kappa shape index (κ2) is 5.84. The number of nitrogens with two attached hydrogens (primary N) is 1. The molecule has 0 spiro atoms. The first-order valence-electron chi connectivity index (χ1n) is 5.55. The van der Waals surface area contributed by atoms with Crippen molar-refractivity contribution in [2.45, 2.75) is 26.4 Å². The van der Waals surface area contributed by atoms with Crippen LogP contribution in [-0.4, -0.2) is 21.3 Å². The van der Waals surface area contributed by atoms with Gasteiger partial charge in [-0.1, -0.05) is 6.07 Å². The maximum Gasteiger partial charge on any atom is 0.236 e. The summed E-state index contributed by atoms with van der Waals surface area (Å²) in [5.41, 5.74) is 8.28. The van der Waals surface area contributed by atoms with Gasteiger partial charge in [-0.15, -0.1) is 12.4 Å². The van der Waals surface area contributed by atoms with Crippen molar-refractivity contribution >= 4 is 24.0 Å². The molecule has 2 rings (SSSR count). The summed E-state index contributed by atoms with van der Waals surface area (Å²) in [6, 6.07) is 5.42. The van der Waals surface area contributed by atoms with Gasteiger partial charge in [0.05, 0.1) is 18.3 Å². The van der Waals surface area contributed by atoms with E-state index in [-0.39, 0.29) is 18.3 Å². The molecule has 0 radical (unpaired) electrons. The predicted molar refractivity (Wildman–Crippen MR) is 72.7 cm³/mol. The van der Waals surface area contributed by atoms with Gasteiger partial charge in [0.15, 0.2) is 0 Å². The van der Waals surface area contributed by atoms with Gasteiger partial charge < -0.3 is 15.5 Å². The number of hydrogen-bond acceptors (Lipinski definition) is 3. The molecule has 2 heterocycles. The lowest BCUT2D eigenvalue weighted by atomic mass is 10.3. The van der Waals surface area contributed by atoms with Crippen molar-refractivity contribution in [1.29, 1.82) is 0 Å². The monoisotopic (exact) mass is 268 g/mol. The standard InChI is InChI=1S/C12H16N4O.ClH/c1-8-4-3-5-11-15-10(7-16(8)11)6-14-12(17)9(2)13;/h3-5,7,9H,6,13H2,1-2H3,(H,14,17);1H. The molecule has 98 valence electrons. The zero-order valence-electron chi connectivity index (χ0n) is 10.4. The number of nitrogens with zero attached hydrogens (tertiary/aromatic N) is 2. The van der Waals surface area contributed by atoms with Crippen LogP contribution in [-0.2, 0) is 11.3 Å². The number of carbonyl (C=O) groups excluding carboxylic acids is 1. The highest BCUT2D eigenvalue weighted by Gasteiger charge is 2.08. The Balaban J connectivity index is 0.00000162. The van der Waals surface area contributed by atoms with E-state index in [1.165, 1.54) is 0 Å². The molecular weight excluding hydrogens is 252 g/mol. The average Bonchev–Trinajstić information content (AvgIpc) is 2.70. The Labute approximate surface area is 112 Å². The molecule has 0 saturated heterocycles. The molecule has 18 heavy (non-hydrogen) atoms. The van der Waals surface area contributed by atoms with Gasteiger partial charge in [-0.2, -0.15) is 0 Å². The number of rotatable bonds is 3. The van der Waals surface area contributed by atoms with Crippen LogP contribution >= 0.6 is 12.4 Å². The average molecular weight is 269 g/mol. The molecule has 6 heteroatoms. The van der Waals surface area contributed by atoms with Crippen molar-refractivity contribution in [2.75, 3.05) is 0 Å². The Bertz CT molecular complexity index is 550. The van der Waals surface area contributed by atoms with Crippen molar-refractivity contribution in [2.24, 2.45) is 5.73 Å². The minimum atomic E-state index is -0.492. The van der Waals surface area contributed by atoms with E-state index in [1.54, 1.807) is 6.92 Å². The van der Waals surface area contributed by atoms with Crippen LogP contribution in [0.1, 0.15) is 18.3 Å². The molecule has 1 unspecified atom stereocenters. The number of imidazole rings is 1. The van der Waals surface area contributed by atoms with Crippen molar-refractivity contribution in [3.63, 3.8) is 0 Å². The van der Waals surface area contributed by atoms with Gasteiger partial charge in [0.25, 0.3) is 0 Å². The molecule has 0 fully saturated rings. The normalized spacial score (nSPS) is 11.9. The van der Waals surface area contributed by atoms with E-state index >= 15 is 0 Å². The molecule has 0 bridgehead atoms. The third-order valence-corrected chi connectivity index (χ3v) is 2.60. The first-order chi connectivity index (χ1) is 8.08. The molecule has 3 N–H and O–H groups in total. The molecule has 0 saturated carbocycles. The highest BCUT2D eigenvalue weighted by atomic mass is 35.5. The zero-order valence-corrected chi connectivity index (χ0v) is 11.2. The summed E-state index contributed by atoms with van der Waals surface area (Å²) in [6.07, 6.45) is 1.92. The van der Waals surface area contributed by atoms with E-state index in [0.29, 0.717) is 6.54 Å². The molecular formula is C12H17ClN4O. The van der Waals surface area contributed by atoms with Crippen molar-refractivity contribution in [3.8, 4) is 0 Å². The topological polar surface area (TPSA) is 72.4 Å². The Morgan fingerprint density at radius 2 is 2.28 bits per heavy atom. The molecule has 0 aliphatic carbocycles. The van der Waals surface area contributed by atoms with Gasteiger partial charge in [-0.05, 0) is 26.0 Å². The predicted octanol–water partition coefficient (Wildman–Crippen LogP) is 1.03. The number of carbonyl (C=O) groups is 1. The van der Waals surface area contributed by atoms with Crippen molar-refractivity contribution < 1.29 is 4.79 Å². The number of amides is 1. The molecule has 0 aliphatic rings. The number of pyridine rings is 1. The highest BCUT2D eigenvalue weighted by Crippen LogP contribution is 2.08. The second-order valence-corrected chi connectivity index (χ2v) is 4.13. The fraction of sp³-hybridized carbons (Fsp3) is 0.333. The number of aromatic nitrogens is 2. The quantitative estimate of drug-likeness (QED) is 0.873. The van der Waals surface area contributed by atoms with Crippen LogP contribution in [0, 0.1) is 6.92 Å². The fourth-order valence-corrected chi connectivity index (χ4v) is 1.62. The van der Waals surface area contributed by atoms with Crippen LogP contribution in [0.5, 0.6) is 0 Å².